The summed E-state index contributed by atoms with van der Waals surface area (Å²) in [7, 11) is 0. The zero-order valence-corrected chi connectivity index (χ0v) is 15.4. The molecule has 2 N–H and O–H groups in total. The fourth-order valence-electron chi connectivity index (χ4n) is 3.53. The molecule has 2 saturated heterocycles. The standard InChI is InChI=1S/C19H26N4O3/c1-13-4-3-8-22(12-13)18(25)15-5-6-16(14(2)10-15)21-11-17(24)23-9-7-20-19(23)26/h5-6,10,13,21H,3-4,7-9,11-12H2,1-2H3,(H,20,26). The molecule has 7 heteroatoms. The number of anilines is 1. The molecule has 0 aliphatic carbocycles. The summed E-state index contributed by atoms with van der Waals surface area (Å²) in [6.07, 6.45) is 2.23. The van der Waals surface area contributed by atoms with Gasteiger partial charge in [0.25, 0.3) is 5.91 Å². The number of imide groups is 1. The Morgan fingerprint density at radius 1 is 1.31 bits per heavy atom. The van der Waals surface area contributed by atoms with Gasteiger partial charge >= 0.3 is 6.03 Å². The van der Waals surface area contributed by atoms with Crippen molar-refractivity contribution in [1.29, 1.82) is 0 Å². The Labute approximate surface area is 153 Å². The number of likely N-dealkylation sites (tertiary alicyclic amines) is 1. The van der Waals surface area contributed by atoms with Crippen molar-refractivity contribution in [2.45, 2.75) is 26.7 Å². The van der Waals surface area contributed by atoms with E-state index in [4.69, 9.17) is 0 Å². The highest BCUT2D eigenvalue weighted by Crippen LogP contribution is 2.21. The second-order valence-electron chi connectivity index (χ2n) is 7.16. The van der Waals surface area contributed by atoms with E-state index in [1.165, 1.54) is 11.3 Å². The summed E-state index contributed by atoms with van der Waals surface area (Å²) in [6.45, 7) is 6.65. The van der Waals surface area contributed by atoms with Crippen molar-refractivity contribution in [3.63, 3.8) is 0 Å². The molecular weight excluding hydrogens is 332 g/mol. The van der Waals surface area contributed by atoms with Crippen LogP contribution in [0.15, 0.2) is 18.2 Å². The number of urea groups is 1. The number of carbonyl (C=O) groups is 3. The maximum atomic E-state index is 12.7. The molecule has 0 bridgehead atoms. The Kier molecular flexibility index (Phi) is 5.44. The Hall–Kier alpha value is -2.57. The van der Waals surface area contributed by atoms with Gasteiger partial charge in [-0.25, -0.2) is 4.79 Å². The van der Waals surface area contributed by atoms with Gasteiger partial charge in [0, 0.05) is 37.4 Å². The first-order chi connectivity index (χ1) is 12.5. The second-order valence-corrected chi connectivity index (χ2v) is 7.16. The minimum Gasteiger partial charge on any atom is -0.376 e. The molecule has 0 aromatic heterocycles. The number of nitrogens with one attached hydrogen (secondary N) is 2. The number of aryl methyl sites for hydroxylation is 1. The number of piperidine rings is 1. The van der Waals surface area contributed by atoms with Crippen LogP contribution in [0, 0.1) is 12.8 Å². The summed E-state index contributed by atoms with van der Waals surface area (Å²) < 4.78 is 0. The zero-order valence-electron chi connectivity index (χ0n) is 15.4. The molecule has 1 unspecified atom stereocenters. The molecule has 4 amide bonds. The number of hydrogen-bond donors (Lipinski definition) is 2. The van der Waals surface area contributed by atoms with Gasteiger partial charge in [-0.3, -0.25) is 14.5 Å². The SMILES string of the molecule is Cc1cc(C(=O)N2CCCC(C)C2)ccc1NCC(=O)N1CCNC1=O. The Bertz CT molecular complexity index is 719. The lowest BCUT2D eigenvalue weighted by molar-refractivity contribution is -0.125. The lowest BCUT2D eigenvalue weighted by atomic mass is 9.99. The summed E-state index contributed by atoms with van der Waals surface area (Å²) in [5, 5.41) is 5.68. The van der Waals surface area contributed by atoms with E-state index in [0.717, 1.165) is 30.8 Å². The zero-order chi connectivity index (χ0) is 18.7. The van der Waals surface area contributed by atoms with E-state index in [9.17, 15) is 14.4 Å². The molecular formula is C19H26N4O3. The molecule has 2 aliphatic heterocycles. The number of nitrogens with zero attached hydrogens (tertiary/aromatic N) is 2. The van der Waals surface area contributed by atoms with Crippen LogP contribution in [0.5, 0.6) is 0 Å². The fourth-order valence-corrected chi connectivity index (χ4v) is 3.53. The normalized spacial score (nSPS) is 20.1. The largest absolute Gasteiger partial charge is 0.376 e. The van der Waals surface area contributed by atoms with Crippen LogP contribution in [0.3, 0.4) is 0 Å². The predicted octanol–water partition coefficient (Wildman–Crippen LogP) is 1.83. The van der Waals surface area contributed by atoms with Crippen LogP contribution in [0.2, 0.25) is 0 Å². The second kappa shape index (κ2) is 7.76. The summed E-state index contributed by atoms with van der Waals surface area (Å²) in [5.41, 5.74) is 2.37. The third-order valence-corrected chi connectivity index (χ3v) is 5.01. The van der Waals surface area contributed by atoms with E-state index in [0.29, 0.717) is 24.6 Å². The first kappa shape index (κ1) is 18.2. The Balaban J connectivity index is 1.61. The van der Waals surface area contributed by atoms with Crippen molar-refractivity contribution in [3.8, 4) is 0 Å². The number of rotatable bonds is 4. The van der Waals surface area contributed by atoms with Crippen LogP contribution in [-0.2, 0) is 4.79 Å². The van der Waals surface area contributed by atoms with Crippen LogP contribution in [0.1, 0.15) is 35.7 Å². The minimum absolute atomic E-state index is 0.0468. The molecule has 7 nitrogen and oxygen atoms in total. The van der Waals surface area contributed by atoms with Gasteiger partial charge in [0.05, 0.1) is 6.54 Å². The van der Waals surface area contributed by atoms with Crippen LogP contribution >= 0.6 is 0 Å². The van der Waals surface area contributed by atoms with E-state index >= 15 is 0 Å². The molecule has 0 spiro atoms. The number of benzene rings is 1. The van der Waals surface area contributed by atoms with Gasteiger partial charge in [-0.1, -0.05) is 6.92 Å². The monoisotopic (exact) mass is 358 g/mol. The number of hydrogen-bond acceptors (Lipinski definition) is 4. The van der Waals surface area contributed by atoms with E-state index in [2.05, 4.69) is 17.6 Å². The molecule has 0 radical (unpaired) electrons. The van der Waals surface area contributed by atoms with Crippen LogP contribution in [0.4, 0.5) is 10.5 Å². The highest BCUT2D eigenvalue weighted by Gasteiger charge is 2.26. The van der Waals surface area contributed by atoms with Gasteiger partial charge in [0.1, 0.15) is 0 Å². The lowest BCUT2D eigenvalue weighted by Crippen LogP contribution is -2.39. The molecule has 1 aromatic carbocycles. The first-order valence-electron chi connectivity index (χ1n) is 9.17. The lowest BCUT2D eigenvalue weighted by Gasteiger charge is -2.31. The van der Waals surface area contributed by atoms with Crippen molar-refractivity contribution < 1.29 is 14.4 Å². The quantitative estimate of drug-likeness (QED) is 0.860. The van der Waals surface area contributed by atoms with Gasteiger partial charge in [0.15, 0.2) is 0 Å². The first-order valence-corrected chi connectivity index (χ1v) is 9.17. The third kappa shape index (κ3) is 3.98. The van der Waals surface area contributed by atoms with Crippen molar-refractivity contribution >= 4 is 23.5 Å². The van der Waals surface area contributed by atoms with E-state index in [-0.39, 0.29) is 24.4 Å². The summed E-state index contributed by atoms with van der Waals surface area (Å²) in [4.78, 5) is 39.4. The van der Waals surface area contributed by atoms with Gasteiger partial charge in [0.2, 0.25) is 5.91 Å². The summed E-state index contributed by atoms with van der Waals surface area (Å²) in [5.74, 6) is 0.349. The van der Waals surface area contributed by atoms with Crippen LogP contribution in [0.25, 0.3) is 0 Å². The van der Waals surface area contributed by atoms with Crippen molar-refractivity contribution in [1.82, 2.24) is 15.1 Å². The van der Waals surface area contributed by atoms with E-state index < -0.39 is 0 Å². The van der Waals surface area contributed by atoms with Gasteiger partial charge in [-0.05, 0) is 49.4 Å². The molecule has 2 aliphatic rings. The topological polar surface area (TPSA) is 81.8 Å². The Morgan fingerprint density at radius 3 is 2.77 bits per heavy atom. The van der Waals surface area contributed by atoms with Crippen LogP contribution in [-0.4, -0.2) is 60.4 Å². The molecule has 140 valence electrons. The average molecular weight is 358 g/mol. The average Bonchev–Trinajstić information content (AvgIpc) is 3.06. The maximum Gasteiger partial charge on any atom is 0.324 e. The van der Waals surface area contributed by atoms with Gasteiger partial charge in [-0.15, -0.1) is 0 Å². The molecule has 2 heterocycles. The van der Waals surface area contributed by atoms with E-state index in [1.807, 2.05) is 24.0 Å². The highest BCUT2D eigenvalue weighted by atomic mass is 16.2. The van der Waals surface area contributed by atoms with Gasteiger partial charge < -0.3 is 15.5 Å². The van der Waals surface area contributed by atoms with Crippen molar-refractivity contribution in [2.75, 3.05) is 38.0 Å². The van der Waals surface area contributed by atoms with Crippen LogP contribution < -0.4 is 10.6 Å². The number of carbonyl (C=O) groups excluding carboxylic acids is 3. The number of amides is 4. The van der Waals surface area contributed by atoms with Gasteiger partial charge in [-0.2, -0.15) is 0 Å². The molecule has 2 fully saturated rings. The summed E-state index contributed by atoms with van der Waals surface area (Å²) in [6, 6.07) is 5.14. The minimum atomic E-state index is -0.342. The smallest absolute Gasteiger partial charge is 0.324 e. The van der Waals surface area contributed by atoms with E-state index in [1.54, 1.807) is 6.07 Å². The summed E-state index contributed by atoms with van der Waals surface area (Å²) >= 11 is 0. The third-order valence-electron chi connectivity index (χ3n) is 5.01. The molecule has 26 heavy (non-hydrogen) atoms. The highest BCUT2D eigenvalue weighted by molar-refractivity contribution is 5.98. The predicted molar refractivity (Wildman–Crippen MR) is 99.1 cm³/mol. The van der Waals surface area contributed by atoms with Crippen molar-refractivity contribution in [2.24, 2.45) is 5.92 Å². The Morgan fingerprint density at radius 2 is 2.12 bits per heavy atom. The maximum absolute atomic E-state index is 12.7. The molecule has 1 aromatic rings. The van der Waals surface area contributed by atoms with Crippen molar-refractivity contribution in [3.05, 3.63) is 29.3 Å². The fraction of sp³-hybridized carbons (Fsp3) is 0.526. The molecule has 3 rings (SSSR count). The molecule has 0 saturated carbocycles. The molecule has 1 atom stereocenters.